The summed E-state index contributed by atoms with van der Waals surface area (Å²) in [6.07, 6.45) is -2.34. The first-order chi connectivity index (χ1) is 13.7. The molecule has 0 radical (unpaired) electrons. The van der Waals surface area contributed by atoms with Gasteiger partial charge in [0, 0.05) is 17.4 Å². The SMILES string of the molecule is N#Cc1cc(Cl)cc(OC2=C(C(F)(F)F)NCN(Cc3ncc[nH]c3=O)C2=O)c1. The number of H-pyrrole nitrogens is 1. The molecule has 0 saturated heterocycles. The number of carbonyl (C=O) groups excluding carboxylic acids is 1. The van der Waals surface area contributed by atoms with Crippen molar-refractivity contribution < 1.29 is 22.7 Å². The zero-order valence-corrected chi connectivity index (χ0v) is 15.1. The van der Waals surface area contributed by atoms with Gasteiger partial charge >= 0.3 is 6.18 Å². The third-order valence-electron chi connectivity index (χ3n) is 3.78. The second-order valence-electron chi connectivity index (χ2n) is 5.79. The molecule has 1 amide bonds. The van der Waals surface area contributed by atoms with Gasteiger partial charge in [-0.25, -0.2) is 0 Å². The lowest BCUT2D eigenvalue weighted by Crippen LogP contribution is -2.49. The van der Waals surface area contributed by atoms with Gasteiger partial charge in [0.1, 0.15) is 11.4 Å². The number of allylic oxidation sites excluding steroid dienone is 1. The maximum absolute atomic E-state index is 13.4. The smallest absolute Gasteiger partial charge is 0.434 e. The van der Waals surface area contributed by atoms with Gasteiger partial charge in [0.25, 0.3) is 11.5 Å². The minimum Gasteiger partial charge on any atom is -0.449 e. The number of amides is 1. The highest BCUT2D eigenvalue weighted by Gasteiger charge is 2.44. The predicted molar refractivity (Wildman–Crippen MR) is 93.3 cm³/mol. The van der Waals surface area contributed by atoms with Gasteiger partial charge in [0.15, 0.2) is 5.70 Å². The van der Waals surface area contributed by atoms with Gasteiger partial charge in [-0.2, -0.15) is 18.4 Å². The summed E-state index contributed by atoms with van der Waals surface area (Å²) in [6.45, 7) is -0.867. The fourth-order valence-corrected chi connectivity index (χ4v) is 2.73. The number of aromatic nitrogens is 2. The fourth-order valence-electron chi connectivity index (χ4n) is 2.51. The quantitative estimate of drug-likeness (QED) is 0.775. The van der Waals surface area contributed by atoms with E-state index in [0.29, 0.717) is 0 Å². The van der Waals surface area contributed by atoms with Crippen molar-refractivity contribution in [2.75, 3.05) is 6.67 Å². The Labute approximate surface area is 166 Å². The van der Waals surface area contributed by atoms with Gasteiger partial charge in [-0.05, 0) is 18.2 Å². The van der Waals surface area contributed by atoms with Crippen LogP contribution in [0, 0.1) is 11.3 Å². The molecule has 1 aliphatic rings. The van der Waals surface area contributed by atoms with E-state index in [9.17, 15) is 22.8 Å². The van der Waals surface area contributed by atoms with E-state index in [4.69, 9.17) is 21.6 Å². The standard InChI is InChI=1S/C17H11ClF3N5O3/c18-10-3-9(6-22)4-11(5-10)29-13-14(17(19,20)21)25-8-26(16(13)28)7-12-15(27)24-2-1-23-12/h1-5,25H,7-8H2,(H,24,27). The van der Waals surface area contributed by atoms with Crippen LogP contribution >= 0.6 is 11.6 Å². The highest BCUT2D eigenvalue weighted by Crippen LogP contribution is 2.32. The molecule has 0 bridgehead atoms. The van der Waals surface area contributed by atoms with Gasteiger partial charge in [-0.15, -0.1) is 0 Å². The summed E-state index contributed by atoms with van der Waals surface area (Å²) >= 11 is 5.84. The summed E-state index contributed by atoms with van der Waals surface area (Å²) in [6, 6.07) is 5.38. The lowest BCUT2D eigenvalue weighted by Gasteiger charge is -2.31. The molecule has 8 nitrogen and oxygen atoms in total. The van der Waals surface area contributed by atoms with Crippen molar-refractivity contribution >= 4 is 17.5 Å². The summed E-state index contributed by atoms with van der Waals surface area (Å²) in [5, 5.41) is 11.1. The molecule has 2 aromatic rings. The van der Waals surface area contributed by atoms with Crippen molar-refractivity contribution in [1.82, 2.24) is 20.2 Å². The van der Waals surface area contributed by atoms with Crippen LogP contribution in [0.25, 0.3) is 0 Å². The van der Waals surface area contributed by atoms with E-state index in [1.54, 1.807) is 6.07 Å². The van der Waals surface area contributed by atoms with Crippen LogP contribution in [0.1, 0.15) is 11.3 Å². The van der Waals surface area contributed by atoms with Crippen LogP contribution < -0.4 is 15.6 Å². The third kappa shape index (κ3) is 4.49. The molecule has 0 fully saturated rings. The summed E-state index contributed by atoms with van der Waals surface area (Å²) in [5.41, 5.74) is -1.99. The number of halogens is 4. The number of ether oxygens (including phenoxy) is 1. The molecule has 2 heterocycles. The van der Waals surface area contributed by atoms with E-state index in [-0.39, 0.29) is 28.6 Å². The molecule has 0 unspecified atom stereocenters. The summed E-state index contributed by atoms with van der Waals surface area (Å²) in [5.74, 6) is -2.37. The van der Waals surface area contributed by atoms with Crippen molar-refractivity contribution in [1.29, 1.82) is 5.26 Å². The summed E-state index contributed by atoms with van der Waals surface area (Å²) < 4.78 is 45.4. The number of nitrogens with one attached hydrogen (secondary N) is 2. The number of nitrogens with zero attached hydrogens (tertiary/aromatic N) is 3. The van der Waals surface area contributed by atoms with E-state index >= 15 is 0 Å². The Balaban J connectivity index is 1.97. The number of hydrogen-bond acceptors (Lipinski definition) is 6. The Kier molecular flexibility index (Phi) is 5.47. The largest absolute Gasteiger partial charge is 0.449 e. The Morgan fingerprint density at radius 2 is 2.07 bits per heavy atom. The molecule has 1 aromatic heterocycles. The molecular weight excluding hydrogens is 415 g/mol. The molecule has 1 aliphatic heterocycles. The van der Waals surface area contributed by atoms with Crippen molar-refractivity contribution in [3.63, 3.8) is 0 Å². The minimum atomic E-state index is -4.91. The lowest BCUT2D eigenvalue weighted by molar-refractivity contribution is -0.137. The zero-order valence-electron chi connectivity index (χ0n) is 14.4. The van der Waals surface area contributed by atoms with E-state index < -0.39 is 35.8 Å². The molecule has 12 heteroatoms. The molecule has 150 valence electrons. The Morgan fingerprint density at radius 1 is 1.31 bits per heavy atom. The van der Waals surface area contributed by atoms with Gasteiger partial charge in [0.05, 0.1) is 24.8 Å². The molecular formula is C17H11ClF3N5O3. The Morgan fingerprint density at radius 3 is 2.72 bits per heavy atom. The molecule has 0 saturated carbocycles. The van der Waals surface area contributed by atoms with E-state index in [1.807, 2.05) is 0 Å². The number of carbonyl (C=O) groups is 1. The maximum Gasteiger partial charge on any atom is 0.434 e. The van der Waals surface area contributed by atoms with Crippen LogP contribution in [0.5, 0.6) is 5.75 Å². The fraction of sp³-hybridized carbons (Fsp3) is 0.176. The molecule has 3 rings (SSSR count). The first-order valence-electron chi connectivity index (χ1n) is 7.95. The van der Waals surface area contributed by atoms with Crippen LogP contribution in [0.4, 0.5) is 13.2 Å². The number of hydrogen-bond donors (Lipinski definition) is 2. The highest BCUT2D eigenvalue weighted by molar-refractivity contribution is 6.30. The topological polar surface area (TPSA) is 111 Å². The molecule has 1 aromatic carbocycles. The van der Waals surface area contributed by atoms with Crippen molar-refractivity contribution in [3.05, 3.63) is 68.7 Å². The molecule has 0 spiro atoms. The highest BCUT2D eigenvalue weighted by atomic mass is 35.5. The number of alkyl halides is 3. The minimum absolute atomic E-state index is 0.0368. The van der Waals surface area contributed by atoms with Crippen molar-refractivity contribution in [2.24, 2.45) is 0 Å². The van der Waals surface area contributed by atoms with Crippen LogP contribution in [-0.2, 0) is 11.3 Å². The van der Waals surface area contributed by atoms with Crippen LogP contribution in [-0.4, -0.2) is 33.6 Å². The lowest BCUT2D eigenvalue weighted by atomic mass is 10.2. The first-order valence-corrected chi connectivity index (χ1v) is 8.32. The number of benzene rings is 1. The monoisotopic (exact) mass is 425 g/mol. The molecule has 29 heavy (non-hydrogen) atoms. The molecule has 0 atom stereocenters. The van der Waals surface area contributed by atoms with Gasteiger partial charge in [-0.1, -0.05) is 11.6 Å². The average molecular weight is 426 g/mol. The molecule has 2 N–H and O–H groups in total. The maximum atomic E-state index is 13.4. The van der Waals surface area contributed by atoms with E-state index in [0.717, 1.165) is 11.0 Å². The third-order valence-corrected chi connectivity index (χ3v) is 4.00. The van der Waals surface area contributed by atoms with Gasteiger partial charge in [-0.3, -0.25) is 14.6 Å². The Bertz CT molecular complexity index is 1090. The van der Waals surface area contributed by atoms with Crippen LogP contribution in [0.2, 0.25) is 5.02 Å². The second-order valence-corrected chi connectivity index (χ2v) is 6.23. The van der Waals surface area contributed by atoms with Crippen molar-refractivity contribution in [3.8, 4) is 11.8 Å². The first kappa shape index (κ1) is 20.2. The summed E-state index contributed by atoms with van der Waals surface area (Å²) in [4.78, 5) is 31.6. The van der Waals surface area contributed by atoms with E-state index in [1.165, 1.54) is 24.5 Å². The second kappa shape index (κ2) is 7.84. The van der Waals surface area contributed by atoms with Crippen molar-refractivity contribution in [2.45, 2.75) is 12.7 Å². The van der Waals surface area contributed by atoms with Gasteiger partial charge in [0.2, 0.25) is 5.76 Å². The summed E-state index contributed by atoms with van der Waals surface area (Å²) in [7, 11) is 0. The van der Waals surface area contributed by atoms with Crippen LogP contribution in [0.15, 0.2) is 46.8 Å². The van der Waals surface area contributed by atoms with Crippen LogP contribution in [0.3, 0.4) is 0 Å². The average Bonchev–Trinajstić information content (AvgIpc) is 2.65. The predicted octanol–water partition coefficient (Wildman–Crippen LogP) is 2.04. The normalized spacial score (nSPS) is 14.4. The number of nitriles is 1. The Hall–Kier alpha value is -3.52. The van der Waals surface area contributed by atoms with Gasteiger partial charge < -0.3 is 19.9 Å². The number of aromatic amines is 1. The molecule has 0 aliphatic carbocycles. The van der Waals surface area contributed by atoms with E-state index in [2.05, 4.69) is 15.3 Å². The zero-order chi connectivity index (χ0) is 21.2. The number of rotatable bonds is 4.